The first-order valence-electron chi connectivity index (χ1n) is 4.05. The molecule has 0 aromatic heterocycles. The Bertz CT molecular complexity index is 239. The fourth-order valence-electron chi connectivity index (χ4n) is 1.02. The highest BCUT2D eigenvalue weighted by atomic mass is 16.5. The van der Waals surface area contributed by atoms with Crippen molar-refractivity contribution in [1.82, 2.24) is 0 Å². The van der Waals surface area contributed by atoms with Crippen LogP contribution in [0.5, 0.6) is 0 Å². The standard InChI is InChI=1S/C10H14O2/c1-8(2)10(11,12)9-6-4-3-5-7-9/h3-8,11-12H,1-2H3. The highest BCUT2D eigenvalue weighted by Gasteiger charge is 2.29. The van der Waals surface area contributed by atoms with E-state index in [2.05, 4.69) is 0 Å². The lowest BCUT2D eigenvalue weighted by molar-refractivity contribution is -0.201. The summed E-state index contributed by atoms with van der Waals surface area (Å²) in [4.78, 5) is 0. The van der Waals surface area contributed by atoms with Crippen LogP contribution in [-0.4, -0.2) is 10.2 Å². The van der Waals surface area contributed by atoms with Gasteiger partial charge in [0.25, 0.3) is 0 Å². The molecule has 0 heterocycles. The molecule has 0 aliphatic heterocycles. The van der Waals surface area contributed by atoms with Gasteiger partial charge in [-0.3, -0.25) is 0 Å². The summed E-state index contributed by atoms with van der Waals surface area (Å²) in [5.41, 5.74) is 0.542. The Hall–Kier alpha value is -0.860. The molecule has 1 aromatic rings. The Morgan fingerprint density at radius 1 is 1.08 bits per heavy atom. The third-order valence-electron chi connectivity index (χ3n) is 2.00. The van der Waals surface area contributed by atoms with Crippen molar-refractivity contribution in [1.29, 1.82) is 0 Å². The van der Waals surface area contributed by atoms with Gasteiger partial charge in [-0.05, 0) is 0 Å². The second kappa shape index (κ2) is 3.25. The Labute approximate surface area is 72.5 Å². The Morgan fingerprint density at radius 2 is 1.58 bits per heavy atom. The van der Waals surface area contributed by atoms with Gasteiger partial charge in [-0.2, -0.15) is 0 Å². The molecule has 0 aliphatic carbocycles. The van der Waals surface area contributed by atoms with Gasteiger partial charge in [0, 0.05) is 11.5 Å². The third-order valence-corrected chi connectivity index (χ3v) is 2.00. The normalized spacial score (nSPS) is 12.1. The molecule has 0 saturated heterocycles. The summed E-state index contributed by atoms with van der Waals surface area (Å²) in [6.45, 7) is 3.54. The van der Waals surface area contributed by atoms with Gasteiger partial charge in [0.1, 0.15) is 0 Å². The van der Waals surface area contributed by atoms with E-state index in [9.17, 15) is 10.2 Å². The maximum Gasteiger partial charge on any atom is 0.192 e. The van der Waals surface area contributed by atoms with Crippen LogP contribution < -0.4 is 0 Å². The van der Waals surface area contributed by atoms with Gasteiger partial charge < -0.3 is 10.2 Å². The molecule has 1 rings (SSSR count). The van der Waals surface area contributed by atoms with Crippen LogP contribution in [0.2, 0.25) is 0 Å². The second-order valence-corrected chi connectivity index (χ2v) is 3.25. The van der Waals surface area contributed by atoms with E-state index in [1.165, 1.54) is 0 Å². The molecule has 2 N–H and O–H groups in total. The molecule has 0 aliphatic rings. The van der Waals surface area contributed by atoms with Crippen LogP contribution in [0.25, 0.3) is 0 Å². The first-order valence-corrected chi connectivity index (χ1v) is 4.05. The van der Waals surface area contributed by atoms with Gasteiger partial charge in [-0.15, -0.1) is 0 Å². The number of aliphatic hydroxyl groups is 2. The average molecular weight is 166 g/mol. The van der Waals surface area contributed by atoms with Crippen molar-refractivity contribution in [2.75, 3.05) is 0 Å². The van der Waals surface area contributed by atoms with Crippen LogP contribution in [0, 0.1) is 5.92 Å². The molecule has 0 saturated carbocycles. The summed E-state index contributed by atoms with van der Waals surface area (Å²) in [7, 11) is 0. The molecule has 0 bridgehead atoms. The highest BCUT2D eigenvalue weighted by molar-refractivity contribution is 5.19. The van der Waals surface area contributed by atoms with Gasteiger partial charge in [0.2, 0.25) is 0 Å². The molecule has 0 fully saturated rings. The van der Waals surface area contributed by atoms with Crippen LogP contribution >= 0.6 is 0 Å². The van der Waals surface area contributed by atoms with Crippen molar-refractivity contribution in [3.8, 4) is 0 Å². The molecule has 0 atom stereocenters. The zero-order valence-electron chi connectivity index (χ0n) is 7.36. The lowest BCUT2D eigenvalue weighted by Crippen LogP contribution is -2.31. The summed E-state index contributed by atoms with van der Waals surface area (Å²) in [6, 6.07) is 8.84. The van der Waals surface area contributed by atoms with Gasteiger partial charge in [-0.25, -0.2) is 0 Å². The van der Waals surface area contributed by atoms with Crippen molar-refractivity contribution in [3.63, 3.8) is 0 Å². The minimum atomic E-state index is -1.71. The summed E-state index contributed by atoms with van der Waals surface area (Å²) >= 11 is 0. The molecule has 2 nitrogen and oxygen atoms in total. The Kier molecular flexibility index (Phi) is 2.50. The number of hydrogen-bond donors (Lipinski definition) is 2. The SMILES string of the molecule is CC(C)C(O)(O)c1ccccc1. The van der Waals surface area contributed by atoms with E-state index in [1.807, 2.05) is 6.07 Å². The lowest BCUT2D eigenvalue weighted by atomic mass is 9.95. The van der Waals surface area contributed by atoms with Crippen molar-refractivity contribution >= 4 is 0 Å². The minimum Gasteiger partial charge on any atom is -0.362 e. The quantitative estimate of drug-likeness (QED) is 0.653. The average Bonchev–Trinajstić information content (AvgIpc) is 2.06. The molecule has 0 unspecified atom stereocenters. The van der Waals surface area contributed by atoms with E-state index in [-0.39, 0.29) is 5.92 Å². The fourth-order valence-corrected chi connectivity index (χ4v) is 1.02. The van der Waals surface area contributed by atoms with E-state index in [0.29, 0.717) is 5.56 Å². The van der Waals surface area contributed by atoms with Crippen molar-refractivity contribution in [3.05, 3.63) is 35.9 Å². The van der Waals surface area contributed by atoms with E-state index < -0.39 is 5.79 Å². The van der Waals surface area contributed by atoms with Crippen LogP contribution in [-0.2, 0) is 5.79 Å². The van der Waals surface area contributed by atoms with E-state index >= 15 is 0 Å². The van der Waals surface area contributed by atoms with Crippen LogP contribution in [0.3, 0.4) is 0 Å². The zero-order chi connectivity index (χ0) is 9.19. The number of hydrogen-bond acceptors (Lipinski definition) is 2. The molecule has 0 radical (unpaired) electrons. The predicted octanol–water partition coefficient (Wildman–Crippen LogP) is 1.48. The summed E-state index contributed by atoms with van der Waals surface area (Å²) < 4.78 is 0. The number of benzene rings is 1. The second-order valence-electron chi connectivity index (χ2n) is 3.25. The van der Waals surface area contributed by atoms with Crippen molar-refractivity contribution in [2.24, 2.45) is 5.92 Å². The van der Waals surface area contributed by atoms with E-state index in [4.69, 9.17) is 0 Å². The minimum absolute atomic E-state index is 0.208. The maximum absolute atomic E-state index is 9.62. The summed E-state index contributed by atoms with van der Waals surface area (Å²) in [5.74, 6) is -1.92. The molecular weight excluding hydrogens is 152 g/mol. The monoisotopic (exact) mass is 166 g/mol. The molecular formula is C10H14O2. The molecule has 12 heavy (non-hydrogen) atoms. The van der Waals surface area contributed by atoms with Crippen LogP contribution in [0.1, 0.15) is 19.4 Å². The van der Waals surface area contributed by atoms with Gasteiger partial charge >= 0.3 is 0 Å². The topological polar surface area (TPSA) is 40.5 Å². The molecule has 0 amide bonds. The zero-order valence-corrected chi connectivity index (χ0v) is 7.36. The third kappa shape index (κ3) is 1.65. The van der Waals surface area contributed by atoms with E-state index in [0.717, 1.165) is 0 Å². The molecule has 66 valence electrons. The van der Waals surface area contributed by atoms with E-state index in [1.54, 1.807) is 38.1 Å². The lowest BCUT2D eigenvalue weighted by Gasteiger charge is -2.26. The van der Waals surface area contributed by atoms with Gasteiger partial charge in [-0.1, -0.05) is 44.2 Å². The first kappa shape index (κ1) is 9.23. The first-order chi connectivity index (χ1) is 5.55. The largest absolute Gasteiger partial charge is 0.362 e. The van der Waals surface area contributed by atoms with Gasteiger partial charge in [0.05, 0.1) is 0 Å². The Morgan fingerprint density at radius 3 is 2.00 bits per heavy atom. The molecule has 0 spiro atoms. The summed E-state index contributed by atoms with van der Waals surface area (Å²) in [5, 5.41) is 19.2. The Balaban J connectivity index is 2.98. The maximum atomic E-state index is 9.62. The molecule has 1 aromatic carbocycles. The smallest absolute Gasteiger partial charge is 0.192 e. The van der Waals surface area contributed by atoms with Crippen LogP contribution in [0.4, 0.5) is 0 Å². The highest BCUT2D eigenvalue weighted by Crippen LogP contribution is 2.25. The van der Waals surface area contributed by atoms with Gasteiger partial charge in [0.15, 0.2) is 5.79 Å². The summed E-state index contributed by atoms with van der Waals surface area (Å²) in [6.07, 6.45) is 0. The van der Waals surface area contributed by atoms with Crippen molar-refractivity contribution in [2.45, 2.75) is 19.6 Å². The van der Waals surface area contributed by atoms with Crippen molar-refractivity contribution < 1.29 is 10.2 Å². The number of rotatable bonds is 2. The molecule has 2 heteroatoms. The fraction of sp³-hybridized carbons (Fsp3) is 0.400. The van der Waals surface area contributed by atoms with Crippen LogP contribution in [0.15, 0.2) is 30.3 Å². The predicted molar refractivity (Wildman–Crippen MR) is 47.4 cm³/mol.